The number of fused-ring (bicyclic) bond motifs is 1. The SMILES string of the molecule is CCC1CCCCN1c1nc2c(c(=O)[nH]1)C(c1ccncc1)C(C#N)C(=O)N2. The van der Waals surface area contributed by atoms with Crippen molar-refractivity contribution >= 4 is 17.7 Å². The van der Waals surface area contributed by atoms with Gasteiger partial charge in [-0.2, -0.15) is 10.2 Å². The molecule has 2 aromatic heterocycles. The number of hydrogen-bond acceptors (Lipinski definition) is 6. The first-order valence-electron chi connectivity index (χ1n) is 9.65. The molecule has 0 spiro atoms. The molecule has 0 radical (unpaired) electrons. The van der Waals surface area contributed by atoms with Crippen LogP contribution < -0.4 is 15.8 Å². The fraction of sp³-hybridized carbons (Fsp3) is 0.450. The summed E-state index contributed by atoms with van der Waals surface area (Å²) in [5.41, 5.74) is 0.704. The number of carbonyl (C=O) groups is 1. The lowest BCUT2D eigenvalue weighted by Crippen LogP contribution is -2.43. The van der Waals surface area contributed by atoms with E-state index in [1.54, 1.807) is 24.5 Å². The lowest BCUT2D eigenvalue weighted by atomic mass is 9.79. The number of piperidine rings is 1. The van der Waals surface area contributed by atoms with Crippen molar-refractivity contribution in [2.45, 2.75) is 44.6 Å². The number of amides is 1. The van der Waals surface area contributed by atoms with Gasteiger partial charge in [-0.15, -0.1) is 0 Å². The molecule has 1 fully saturated rings. The summed E-state index contributed by atoms with van der Waals surface area (Å²) in [5.74, 6) is -1.38. The van der Waals surface area contributed by atoms with E-state index in [9.17, 15) is 14.9 Å². The van der Waals surface area contributed by atoms with E-state index in [-0.39, 0.29) is 11.4 Å². The van der Waals surface area contributed by atoms with Crippen molar-refractivity contribution in [3.63, 3.8) is 0 Å². The Bertz CT molecular complexity index is 980. The summed E-state index contributed by atoms with van der Waals surface area (Å²) >= 11 is 0. The molecule has 3 atom stereocenters. The van der Waals surface area contributed by atoms with Crippen LogP contribution in [0.1, 0.15) is 49.7 Å². The normalized spacial score (nSPS) is 24.2. The first-order chi connectivity index (χ1) is 13.6. The van der Waals surface area contributed by atoms with E-state index in [4.69, 9.17) is 0 Å². The van der Waals surface area contributed by atoms with Gasteiger partial charge in [0.25, 0.3) is 5.56 Å². The minimum atomic E-state index is -0.998. The predicted octanol–water partition coefficient (Wildman–Crippen LogP) is 2.16. The first-order valence-corrected chi connectivity index (χ1v) is 9.65. The number of pyridine rings is 1. The van der Waals surface area contributed by atoms with Crippen LogP contribution in [0.25, 0.3) is 0 Å². The molecule has 2 aliphatic heterocycles. The summed E-state index contributed by atoms with van der Waals surface area (Å²) in [7, 11) is 0. The Kier molecular flexibility index (Phi) is 4.82. The van der Waals surface area contributed by atoms with Gasteiger partial charge in [0, 0.05) is 30.9 Å². The van der Waals surface area contributed by atoms with Gasteiger partial charge in [0.05, 0.1) is 11.6 Å². The van der Waals surface area contributed by atoms with Crippen LogP contribution >= 0.6 is 0 Å². The fourth-order valence-corrected chi connectivity index (χ4v) is 4.27. The molecule has 0 saturated carbocycles. The molecule has 2 aromatic rings. The highest BCUT2D eigenvalue weighted by Crippen LogP contribution is 2.38. The Morgan fingerprint density at radius 2 is 2.07 bits per heavy atom. The van der Waals surface area contributed by atoms with Crippen LogP contribution in [0, 0.1) is 17.2 Å². The van der Waals surface area contributed by atoms with Gasteiger partial charge in [-0.05, 0) is 43.4 Å². The lowest BCUT2D eigenvalue weighted by Gasteiger charge is -2.36. The smallest absolute Gasteiger partial charge is 0.258 e. The van der Waals surface area contributed by atoms with Crippen LogP contribution in [-0.4, -0.2) is 33.4 Å². The van der Waals surface area contributed by atoms with Crippen LogP contribution in [0.3, 0.4) is 0 Å². The molecule has 1 amide bonds. The number of H-pyrrole nitrogens is 1. The summed E-state index contributed by atoms with van der Waals surface area (Å²) in [4.78, 5) is 39.3. The highest BCUT2D eigenvalue weighted by molar-refractivity contribution is 5.97. The Hall–Kier alpha value is -3.21. The summed E-state index contributed by atoms with van der Waals surface area (Å²) < 4.78 is 0. The quantitative estimate of drug-likeness (QED) is 0.846. The maximum absolute atomic E-state index is 13.1. The average Bonchev–Trinajstić information content (AvgIpc) is 2.73. The standard InChI is InChI=1S/C20H22N6O2/c1-2-13-5-3-4-10-26(13)20-24-17-16(19(28)25-20)15(12-6-8-22-9-7-12)14(11-21)18(27)23-17/h6-9,13-15H,2-5,10H2,1H3,(H2,23,24,25,27,28). The predicted molar refractivity (Wildman–Crippen MR) is 104 cm³/mol. The Morgan fingerprint density at radius 1 is 1.29 bits per heavy atom. The molecular weight excluding hydrogens is 356 g/mol. The third kappa shape index (κ3) is 3.03. The minimum Gasteiger partial charge on any atom is -0.339 e. The molecule has 0 aromatic carbocycles. The number of rotatable bonds is 3. The van der Waals surface area contributed by atoms with Gasteiger partial charge >= 0.3 is 0 Å². The van der Waals surface area contributed by atoms with Crippen LogP contribution in [0.4, 0.5) is 11.8 Å². The number of nitriles is 1. The monoisotopic (exact) mass is 378 g/mol. The summed E-state index contributed by atoms with van der Waals surface area (Å²) in [6.07, 6.45) is 7.40. The lowest BCUT2D eigenvalue weighted by molar-refractivity contribution is -0.119. The van der Waals surface area contributed by atoms with Crippen molar-refractivity contribution < 1.29 is 4.79 Å². The van der Waals surface area contributed by atoms with Crippen molar-refractivity contribution in [2.75, 3.05) is 16.8 Å². The zero-order valence-electron chi connectivity index (χ0n) is 15.7. The minimum absolute atomic E-state index is 0.248. The molecular formula is C20H22N6O2. The van der Waals surface area contributed by atoms with Crippen LogP contribution in [0.5, 0.6) is 0 Å². The number of nitrogens with zero attached hydrogens (tertiary/aromatic N) is 4. The van der Waals surface area contributed by atoms with Gasteiger partial charge in [0.2, 0.25) is 11.9 Å². The van der Waals surface area contributed by atoms with E-state index in [0.29, 0.717) is 23.1 Å². The number of nitrogens with one attached hydrogen (secondary N) is 2. The third-order valence-electron chi connectivity index (χ3n) is 5.69. The van der Waals surface area contributed by atoms with Crippen LogP contribution in [0.15, 0.2) is 29.3 Å². The summed E-state index contributed by atoms with van der Waals surface area (Å²) in [6, 6.07) is 5.81. The molecule has 4 rings (SSSR count). The highest BCUT2D eigenvalue weighted by Gasteiger charge is 2.40. The molecule has 4 heterocycles. The molecule has 1 saturated heterocycles. The summed E-state index contributed by atoms with van der Waals surface area (Å²) in [6.45, 7) is 2.95. The van der Waals surface area contributed by atoms with E-state index in [2.05, 4.69) is 32.1 Å². The molecule has 144 valence electrons. The van der Waals surface area contributed by atoms with E-state index >= 15 is 0 Å². The molecule has 3 unspecified atom stereocenters. The van der Waals surface area contributed by atoms with E-state index in [1.807, 2.05) is 6.07 Å². The zero-order valence-corrected chi connectivity index (χ0v) is 15.7. The number of anilines is 2. The topological polar surface area (TPSA) is 115 Å². The fourth-order valence-electron chi connectivity index (χ4n) is 4.27. The largest absolute Gasteiger partial charge is 0.339 e. The number of aromatic nitrogens is 3. The molecule has 2 aliphatic rings. The van der Waals surface area contributed by atoms with Crippen molar-refractivity contribution in [3.05, 3.63) is 46.0 Å². The van der Waals surface area contributed by atoms with Crippen molar-refractivity contribution in [1.82, 2.24) is 15.0 Å². The van der Waals surface area contributed by atoms with Crippen molar-refractivity contribution in [2.24, 2.45) is 5.92 Å². The van der Waals surface area contributed by atoms with Gasteiger partial charge in [-0.3, -0.25) is 19.6 Å². The third-order valence-corrected chi connectivity index (χ3v) is 5.69. The molecule has 8 heteroatoms. The second kappa shape index (κ2) is 7.43. The molecule has 0 aliphatic carbocycles. The van der Waals surface area contributed by atoms with Crippen molar-refractivity contribution in [3.8, 4) is 6.07 Å². The van der Waals surface area contributed by atoms with Crippen molar-refractivity contribution in [1.29, 1.82) is 5.26 Å². The zero-order chi connectivity index (χ0) is 19.7. The van der Waals surface area contributed by atoms with E-state index < -0.39 is 17.7 Å². The summed E-state index contributed by atoms with van der Waals surface area (Å²) in [5, 5.41) is 12.2. The average molecular weight is 378 g/mol. The number of aromatic amines is 1. The molecule has 8 nitrogen and oxygen atoms in total. The second-order valence-electron chi connectivity index (χ2n) is 7.26. The molecule has 28 heavy (non-hydrogen) atoms. The van der Waals surface area contributed by atoms with Gasteiger partial charge in [-0.1, -0.05) is 6.92 Å². The maximum atomic E-state index is 13.1. The van der Waals surface area contributed by atoms with Crippen LogP contribution in [0.2, 0.25) is 0 Å². The Labute approximate surface area is 162 Å². The number of carbonyl (C=O) groups excluding carboxylic acids is 1. The van der Waals surface area contributed by atoms with Gasteiger partial charge in [0.1, 0.15) is 11.7 Å². The van der Waals surface area contributed by atoms with E-state index in [1.165, 1.54) is 0 Å². The van der Waals surface area contributed by atoms with Crippen LogP contribution in [-0.2, 0) is 4.79 Å². The first kappa shape index (κ1) is 18.2. The van der Waals surface area contributed by atoms with Gasteiger partial charge < -0.3 is 10.2 Å². The second-order valence-corrected chi connectivity index (χ2v) is 7.26. The maximum Gasteiger partial charge on any atom is 0.258 e. The molecule has 0 bridgehead atoms. The Morgan fingerprint density at radius 3 is 2.79 bits per heavy atom. The highest BCUT2D eigenvalue weighted by atomic mass is 16.2. The Balaban J connectivity index is 1.83. The number of hydrogen-bond donors (Lipinski definition) is 2. The van der Waals surface area contributed by atoms with E-state index in [0.717, 1.165) is 32.2 Å². The molecule has 2 N–H and O–H groups in total. The van der Waals surface area contributed by atoms with Gasteiger partial charge in [-0.25, -0.2) is 0 Å². The van der Waals surface area contributed by atoms with Gasteiger partial charge in [0.15, 0.2) is 0 Å².